The van der Waals surface area contributed by atoms with Crippen LogP contribution in [0.4, 0.5) is 0 Å². The summed E-state index contributed by atoms with van der Waals surface area (Å²) in [5.74, 6) is 0. The predicted octanol–water partition coefficient (Wildman–Crippen LogP) is 6.16. The van der Waals surface area contributed by atoms with Crippen LogP contribution in [0.5, 0.6) is 0 Å². The van der Waals surface area contributed by atoms with Crippen LogP contribution in [0.2, 0.25) is 0 Å². The van der Waals surface area contributed by atoms with E-state index in [1.165, 1.54) is 30.4 Å². The van der Waals surface area contributed by atoms with E-state index < -0.39 is 0 Å². The first kappa shape index (κ1) is 18.8. The van der Waals surface area contributed by atoms with Crippen LogP contribution in [0.1, 0.15) is 49.4 Å². The molecule has 2 nitrogen and oxygen atoms in total. The molecule has 0 N–H and O–H groups in total. The topological polar surface area (TPSA) is 6.48 Å². The van der Waals surface area contributed by atoms with Crippen molar-refractivity contribution >= 4 is 23.9 Å². The van der Waals surface area contributed by atoms with Gasteiger partial charge in [-0.05, 0) is 30.1 Å². The van der Waals surface area contributed by atoms with Gasteiger partial charge in [-0.1, -0.05) is 104 Å². The van der Waals surface area contributed by atoms with E-state index in [0.717, 1.165) is 0 Å². The molecule has 1 fully saturated rings. The minimum absolute atomic E-state index is 0.368. The van der Waals surface area contributed by atoms with E-state index in [0.29, 0.717) is 18.2 Å². The zero-order valence-electron chi connectivity index (χ0n) is 15.3. The molecule has 4 heteroatoms. The predicted molar refractivity (Wildman–Crippen MR) is 112 cm³/mol. The first-order chi connectivity index (χ1) is 12.3. The Morgan fingerprint density at radius 3 is 1.56 bits per heavy atom. The van der Waals surface area contributed by atoms with Gasteiger partial charge in [0.1, 0.15) is 0 Å². The van der Waals surface area contributed by atoms with Crippen molar-refractivity contribution in [2.75, 3.05) is 12.5 Å². The van der Waals surface area contributed by atoms with Crippen molar-refractivity contribution in [2.24, 2.45) is 0 Å². The molecule has 134 valence electrons. The van der Waals surface area contributed by atoms with Crippen molar-refractivity contribution in [1.82, 2.24) is 8.61 Å². The van der Waals surface area contributed by atoms with Crippen molar-refractivity contribution in [3.63, 3.8) is 0 Å². The lowest BCUT2D eigenvalue weighted by Gasteiger charge is -2.29. The molecule has 0 bridgehead atoms. The molecule has 1 heterocycles. The Morgan fingerprint density at radius 1 is 0.760 bits per heavy atom. The zero-order chi connectivity index (χ0) is 17.6. The molecule has 2 aromatic carbocycles. The molecule has 0 spiro atoms. The molecule has 2 unspecified atom stereocenters. The molecule has 1 aliphatic heterocycles. The minimum atomic E-state index is 0.368. The molecule has 2 aromatic rings. The maximum absolute atomic E-state index is 2.62. The fraction of sp³-hybridized carbons (Fsp3) is 0.429. The lowest BCUT2D eigenvalue weighted by Crippen LogP contribution is -2.32. The van der Waals surface area contributed by atoms with Gasteiger partial charge < -0.3 is 0 Å². The molecule has 0 saturated carbocycles. The number of nitrogens with zero attached hydrogens (tertiary/aromatic N) is 2. The van der Waals surface area contributed by atoms with Gasteiger partial charge in [-0.25, -0.2) is 8.61 Å². The molecule has 1 aliphatic rings. The highest BCUT2D eigenvalue weighted by molar-refractivity contribution is 7.97. The fourth-order valence-electron chi connectivity index (χ4n) is 3.83. The average molecular weight is 373 g/mol. The summed E-state index contributed by atoms with van der Waals surface area (Å²) in [7, 11) is 0. The van der Waals surface area contributed by atoms with Gasteiger partial charge in [0.05, 0.1) is 18.2 Å². The number of rotatable bonds is 7. The van der Waals surface area contributed by atoms with Crippen molar-refractivity contribution in [1.29, 1.82) is 0 Å². The van der Waals surface area contributed by atoms with Crippen LogP contribution in [-0.4, -0.2) is 27.3 Å². The Hall–Kier alpha value is -0.940. The SMILES string of the molecule is CCCCC1N(SC)C(c2ccccc2)C(c2ccccc2)N1SC. The molecule has 1 saturated heterocycles. The maximum Gasteiger partial charge on any atom is 0.0831 e. The molecule has 2 atom stereocenters. The summed E-state index contributed by atoms with van der Waals surface area (Å²) in [4.78, 5) is 0. The number of hydrogen-bond acceptors (Lipinski definition) is 4. The largest absolute Gasteiger partial charge is 0.224 e. The average Bonchev–Trinajstić information content (AvgIpc) is 3.00. The van der Waals surface area contributed by atoms with E-state index in [2.05, 4.69) is 88.7 Å². The summed E-state index contributed by atoms with van der Waals surface area (Å²) in [5, 5.41) is 0. The first-order valence-electron chi connectivity index (χ1n) is 9.06. The fourth-order valence-corrected chi connectivity index (χ4v) is 5.72. The van der Waals surface area contributed by atoms with E-state index in [9.17, 15) is 0 Å². The number of benzene rings is 2. The van der Waals surface area contributed by atoms with Crippen molar-refractivity contribution in [3.8, 4) is 0 Å². The van der Waals surface area contributed by atoms with Gasteiger partial charge in [0.25, 0.3) is 0 Å². The standard InChI is InChI=1S/C21H28N2S2/c1-4-5-16-19-22(24-2)20(17-12-8-6-9-13-17)21(23(19)25-3)18-14-10-7-11-15-18/h6-15,19-21H,4-5,16H2,1-3H3. The third kappa shape index (κ3) is 3.92. The Bertz CT molecular complexity index is 581. The van der Waals surface area contributed by atoms with Gasteiger partial charge in [-0.15, -0.1) is 0 Å². The van der Waals surface area contributed by atoms with Gasteiger partial charge in [0.15, 0.2) is 0 Å². The molecule has 25 heavy (non-hydrogen) atoms. The maximum atomic E-state index is 2.62. The van der Waals surface area contributed by atoms with Crippen molar-refractivity contribution in [2.45, 2.75) is 44.4 Å². The van der Waals surface area contributed by atoms with E-state index >= 15 is 0 Å². The summed E-state index contributed by atoms with van der Waals surface area (Å²) in [6, 6.07) is 22.8. The molecule has 0 aromatic heterocycles. The van der Waals surface area contributed by atoms with E-state index in [4.69, 9.17) is 0 Å². The summed E-state index contributed by atoms with van der Waals surface area (Å²) < 4.78 is 5.25. The van der Waals surface area contributed by atoms with Gasteiger partial charge in [0, 0.05) is 0 Å². The minimum Gasteiger partial charge on any atom is -0.224 e. The molecule has 0 aliphatic carbocycles. The third-order valence-electron chi connectivity index (χ3n) is 4.95. The first-order valence-corrected chi connectivity index (χ1v) is 11.4. The van der Waals surface area contributed by atoms with Gasteiger partial charge in [-0.2, -0.15) is 0 Å². The van der Waals surface area contributed by atoms with Crippen LogP contribution in [0.25, 0.3) is 0 Å². The molecule has 0 amide bonds. The lowest BCUT2D eigenvalue weighted by atomic mass is 9.95. The highest BCUT2D eigenvalue weighted by Gasteiger charge is 2.47. The molecular weight excluding hydrogens is 344 g/mol. The van der Waals surface area contributed by atoms with Crippen LogP contribution in [0, 0.1) is 0 Å². The van der Waals surface area contributed by atoms with Gasteiger partial charge in [-0.3, -0.25) is 0 Å². The smallest absolute Gasteiger partial charge is 0.0831 e. The van der Waals surface area contributed by atoms with E-state index in [-0.39, 0.29) is 0 Å². The highest BCUT2D eigenvalue weighted by Crippen LogP contribution is 2.52. The monoisotopic (exact) mass is 372 g/mol. The highest BCUT2D eigenvalue weighted by atomic mass is 32.2. The Balaban J connectivity index is 2.06. The van der Waals surface area contributed by atoms with Gasteiger partial charge in [0.2, 0.25) is 0 Å². The van der Waals surface area contributed by atoms with E-state index in [1.807, 2.05) is 23.9 Å². The van der Waals surface area contributed by atoms with Gasteiger partial charge >= 0.3 is 0 Å². The van der Waals surface area contributed by atoms with Crippen LogP contribution >= 0.6 is 23.9 Å². The molecular formula is C21H28N2S2. The summed E-state index contributed by atoms with van der Waals surface area (Å²) in [5.41, 5.74) is 2.81. The number of unbranched alkanes of at least 4 members (excludes halogenated alkanes) is 1. The van der Waals surface area contributed by atoms with Crippen LogP contribution in [-0.2, 0) is 0 Å². The zero-order valence-corrected chi connectivity index (χ0v) is 17.0. The summed E-state index contributed by atoms with van der Waals surface area (Å²) in [6.45, 7) is 2.28. The molecule has 0 radical (unpaired) electrons. The summed E-state index contributed by atoms with van der Waals surface area (Å²) >= 11 is 3.78. The summed E-state index contributed by atoms with van der Waals surface area (Å²) in [6.07, 6.45) is 8.63. The Morgan fingerprint density at radius 2 is 1.20 bits per heavy atom. The third-order valence-corrected chi connectivity index (χ3v) is 6.74. The molecule has 3 rings (SSSR count). The normalized spacial score (nSPS) is 24.7. The lowest BCUT2D eigenvalue weighted by molar-refractivity contribution is 0.273. The quantitative estimate of drug-likeness (QED) is 0.537. The van der Waals surface area contributed by atoms with Crippen molar-refractivity contribution < 1.29 is 0 Å². The second kappa shape index (κ2) is 9.13. The second-order valence-electron chi connectivity index (χ2n) is 6.42. The van der Waals surface area contributed by atoms with E-state index in [1.54, 1.807) is 0 Å². The van der Waals surface area contributed by atoms with Crippen LogP contribution in [0.15, 0.2) is 60.7 Å². The second-order valence-corrected chi connectivity index (χ2v) is 7.99. The van der Waals surface area contributed by atoms with Crippen LogP contribution in [0.3, 0.4) is 0 Å². The Kier molecular flexibility index (Phi) is 6.88. The van der Waals surface area contributed by atoms with Crippen molar-refractivity contribution in [3.05, 3.63) is 71.8 Å². The van der Waals surface area contributed by atoms with Crippen LogP contribution < -0.4 is 0 Å². The number of hydrogen-bond donors (Lipinski definition) is 0. The Labute approximate surface area is 161 Å².